The maximum Gasteiger partial charge on any atom is 0.306 e. The third kappa shape index (κ3) is 39.4. The first kappa shape index (κ1) is 55.9. The normalized spacial score (nSPS) is 15.1. The molecular weight excluding hydrogens is 757 g/mol. The first-order chi connectivity index (χ1) is 27.8. The van der Waals surface area contributed by atoms with Gasteiger partial charge in [0.2, 0.25) is 0 Å². The zero-order chi connectivity index (χ0) is 43.2. The van der Waals surface area contributed by atoms with Crippen LogP contribution in [0.1, 0.15) is 168 Å². The molecule has 0 aromatic heterocycles. The molecule has 58 heavy (non-hydrogen) atoms. The number of quaternary nitrogens is 1. The molecule has 2 N–H and O–H groups in total. The van der Waals surface area contributed by atoms with E-state index in [9.17, 15) is 29.3 Å². The lowest BCUT2D eigenvalue weighted by molar-refractivity contribution is -0.870. The van der Waals surface area contributed by atoms with E-state index in [1.54, 1.807) is 0 Å². The maximum atomic E-state index is 12.7. The number of aliphatic hydroxyl groups excluding tert-OH is 2. The lowest BCUT2D eigenvalue weighted by Crippen LogP contribution is -2.37. The zero-order valence-corrected chi connectivity index (χ0v) is 38.1. The summed E-state index contributed by atoms with van der Waals surface area (Å²) >= 11 is 0. The van der Waals surface area contributed by atoms with Crippen molar-refractivity contribution in [2.24, 2.45) is 0 Å². The van der Waals surface area contributed by atoms with Crippen LogP contribution in [0.4, 0.5) is 0 Å². The van der Waals surface area contributed by atoms with Crippen molar-refractivity contribution in [2.45, 2.75) is 186 Å². The van der Waals surface area contributed by atoms with E-state index in [1.807, 2.05) is 27.2 Å². The number of carbonyl (C=O) groups excluding carboxylic acids is 2. The van der Waals surface area contributed by atoms with Gasteiger partial charge in [0.15, 0.2) is 6.10 Å². The lowest BCUT2D eigenvalue weighted by Gasteiger charge is -2.28. The monoisotopic (exact) mass is 842 g/mol. The molecule has 0 aliphatic rings. The molecule has 1 unspecified atom stereocenters. The number of carbonyl (C=O) groups is 2. The smallest absolute Gasteiger partial charge is 0.306 e. The number of unbranched alkanes of at least 4 members (excludes halogenated alkanes) is 14. The van der Waals surface area contributed by atoms with Crippen molar-refractivity contribution in [3.05, 3.63) is 48.6 Å². The third-order valence-electron chi connectivity index (χ3n) is 9.52. The Morgan fingerprint density at radius 2 is 1.12 bits per heavy atom. The van der Waals surface area contributed by atoms with Crippen LogP contribution in [0.15, 0.2) is 48.6 Å². The summed E-state index contributed by atoms with van der Waals surface area (Å²) in [6.07, 6.45) is 35.8. The van der Waals surface area contributed by atoms with Gasteiger partial charge in [-0.2, -0.15) is 0 Å². The van der Waals surface area contributed by atoms with Gasteiger partial charge < -0.3 is 38.1 Å². The average Bonchev–Trinajstić information content (AvgIpc) is 3.17. The van der Waals surface area contributed by atoms with Gasteiger partial charge in [-0.3, -0.25) is 14.2 Å². The van der Waals surface area contributed by atoms with Crippen LogP contribution in [0.25, 0.3) is 0 Å². The Morgan fingerprint density at radius 3 is 1.71 bits per heavy atom. The number of hydrogen-bond donors (Lipinski definition) is 2. The Kier molecular flexibility index (Phi) is 36.5. The number of esters is 2. The van der Waals surface area contributed by atoms with Crippen molar-refractivity contribution in [1.29, 1.82) is 0 Å². The number of ether oxygens (including phenoxy) is 2. The first-order valence-corrected chi connectivity index (χ1v) is 24.0. The minimum atomic E-state index is -4.67. The van der Waals surface area contributed by atoms with Gasteiger partial charge in [-0.05, 0) is 77.0 Å². The molecule has 12 heteroatoms. The van der Waals surface area contributed by atoms with Crippen molar-refractivity contribution in [3.8, 4) is 0 Å². The molecule has 0 radical (unpaired) electrons. The number of likely N-dealkylation sites (N-methyl/N-ethyl adjacent to an activating group) is 1. The molecule has 0 rings (SSSR count). The largest absolute Gasteiger partial charge is 0.756 e. The molecule has 0 amide bonds. The van der Waals surface area contributed by atoms with E-state index in [-0.39, 0.29) is 26.1 Å². The second-order valence-corrected chi connectivity index (χ2v) is 17.8. The molecule has 0 bridgehead atoms. The number of phosphoric acid groups is 1. The van der Waals surface area contributed by atoms with Crippen LogP contribution in [0.3, 0.4) is 0 Å². The summed E-state index contributed by atoms with van der Waals surface area (Å²) in [6, 6.07) is 0. The summed E-state index contributed by atoms with van der Waals surface area (Å²) in [5.74, 6) is -0.974. The SMILES string of the molecule is CCCCC/C=C\C/C=C\C/C=C\CCCCCCC(=O)O[C@H](COC(=O)CCCCCCC[C@@H](O)[C@H](O)C/C=C\CCCCC)COP(=O)([O-])OCC[N+](C)(C)C. The number of hydrogen-bond acceptors (Lipinski definition) is 10. The van der Waals surface area contributed by atoms with Gasteiger partial charge in [-0.15, -0.1) is 0 Å². The highest BCUT2D eigenvalue weighted by Gasteiger charge is 2.22. The van der Waals surface area contributed by atoms with Gasteiger partial charge in [-0.1, -0.05) is 127 Å². The third-order valence-corrected chi connectivity index (χ3v) is 10.5. The van der Waals surface area contributed by atoms with Gasteiger partial charge in [0.05, 0.1) is 40.0 Å². The topological polar surface area (TPSA) is 152 Å². The number of allylic oxidation sites excluding steroid dienone is 7. The molecule has 0 aliphatic carbocycles. The van der Waals surface area contributed by atoms with Crippen molar-refractivity contribution < 1.29 is 52.3 Å². The predicted octanol–water partition coefficient (Wildman–Crippen LogP) is 10.00. The van der Waals surface area contributed by atoms with E-state index in [0.29, 0.717) is 36.7 Å². The van der Waals surface area contributed by atoms with Gasteiger partial charge in [0.25, 0.3) is 7.82 Å². The molecule has 0 spiro atoms. The molecule has 0 aromatic rings. The van der Waals surface area contributed by atoms with Gasteiger partial charge in [-0.25, -0.2) is 0 Å². The molecule has 0 fully saturated rings. The average molecular weight is 842 g/mol. The Labute approximate surface area is 353 Å². The van der Waals surface area contributed by atoms with Crippen LogP contribution in [0.2, 0.25) is 0 Å². The molecule has 0 aliphatic heterocycles. The summed E-state index contributed by atoms with van der Waals surface area (Å²) in [6.45, 7) is 3.92. The zero-order valence-electron chi connectivity index (χ0n) is 37.2. The quantitative estimate of drug-likeness (QED) is 0.0201. The van der Waals surface area contributed by atoms with Gasteiger partial charge >= 0.3 is 11.9 Å². The first-order valence-electron chi connectivity index (χ1n) is 22.5. The van der Waals surface area contributed by atoms with Crippen molar-refractivity contribution >= 4 is 19.8 Å². The van der Waals surface area contributed by atoms with E-state index in [4.69, 9.17) is 18.5 Å². The highest BCUT2D eigenvalue weighted by atomic mass is 31.2. The van der Waals surface area contributed by atoms with Crippen LogP contribution >= 0.6 is 7.82 Å². The van der Waals surface area contributed by atoms with Crippen LogP contribution in [0.5, 0.6) is 0 Å². The van der Waals surface area contributed by atoms with Gasteiger partial charge in [0.1, 0.15) is 19.8 Å². The minimum absolute atomic E-state index is 0.0624. The van der Waals surface area contributed by atoms with Crippen molar-refractivity contribution in [3.63, 3.8) is 0 Å². The second-order valence-electron chi connectivity index (χ2n) is 16.4. The van der Waals surface area contributed by atoms with E-state index >= 15 is 0 Å². The summed E-state index contributed by atoms with van der Waals surface area (Å²) in [5, 5.41) is 20.5. The summed E-state index contributed by atoms with van der Waals surface area (Å²) in [5.41, 5.74) is 0. The van der Waals surface area contributed by atoms with E-state index in [2.05, 4.69) is 56.4 Å². The van der Waals surface area contributed by atoms with Crippen LogP contribution < -0.4 is 4.89 Å². The fourth-order valence-corrected chi connectivity index (χ4v) is 6.53. The van der Waals surface area contributed by atoms with Crippen LogP contribution in [-0.2, 0) is 32.7 Å². The molecule has 4 atom stereocenters. The molecular formula is C46H84NO10P. The fraction of sp³-hybridized carbons (Fsp3) is 0.783. The number of phosphoric ester groups is 1. The number of nitrogens with zero attached hydrogens (tertiary/aromatic N) is 1. The van der Waals surface area contributed by atoms with Crippen molar-refractivity contribution in [1.82, 2.24) is 0 Å². The highest BCUT2D eigenvalue weighted by molar-refractivity contribution is 7.45. The van der Waals surface area contributed by atoms with E-state index in [0.717, 1.165) is 77.0 Å². The minimum Gasteiger partial charge on any atom is -0.756 e. The van der Waals surface area contributed by atoms with Crippen LogP contribution in [-0.4, -0.2) is 92.5 Å². The number of rotatable bonds is 40. The molecule has 0 saturated carbocycles. The van der Waals surface area contributed by atoms with Crippen LogP contribution in [0, 0.1) is 0 Å². The summed E-state index contributed by atoms with van der Waals surface area (Å²) in [4.78, 5) is 37.6. The maximum absolute atomic E-state index is 12.7. The Bertz CT molecular complexity index is 1170. The molecule has 338 valence electrons. The Hall–Kier alpha value is -2.11. The lowest BCUT2D eigenvalue weighted by atomic mass is 10.0. The number of aliphatic hydroxyl groups is 2. The molecule has 0 heterocycles. The molecule has 0 saturated heterocycles. The standard InChI is InChI=1S/C46H84NO10P/c1-6-8-10-12-14-15-16-17-18-19-20-21-22-23-24-28-33-37-46(51)57-42(41-56-58(52,53)55-39-38-47(3,4)5)40-54-45(50)36-32-29-25-27-31-35-44(49)43(48)34-30-26-13-11-9-7-2/h14-15,17-18,20-21,26,30,42-44,48-49H,6-13,16,19,22-25,27-29,31-41H2,1-5H3/b15-14-,18-17-,21-20-,30-26-/t42-,43-,44-/m1/s1. The highest BCUT2D eigenvalue weighted by Crippen LogP contribution is 2.38. The fourth-order valence-electron chi connectivity index (χ4n) is 5.80. The van der Waals surface area contributed by atoms with Crippen molar-refractivity contribution in [2.75, 3.05) is 47.5 Å². The summed E-state index contributed by atoms with van der Waals surface area (Å²) < 4.78 is 33.8. The Morgan fingerprint density at radius 1 is 0.621 bits per heavy atom. The van der Waals surface area contributed by atoms with E-state index < -0.39 is 44.7 Å². The molecule has 11 nitrogen and oxygen atoms in total. The second kappa shape index (κ2) is 37.9. The Balaban J connectivity index is 4.52. The summed E-state index contributed by atoms with van der Waals surface area (Å²) in [7, 11) is 1.06. The predicted molar refractivity (Wildman–Crippen MR) is 234 cm³/mol. The van der Waals surface area contributed by atoms with Gasteiger partial charge in [0, 0.05) is 12.8 Å². The molecule has 0 aromatic carbocycles. The van der Waals surface area contributed by atoms with E-state index in [1.165, 1.54) is 38.5 Å².